The lowest BCUT2D eigenvalue weighted by Crippen LogP contribution is -2.45. The second-order valence-electron chi connectivity index (χ2n) is 6.71. The maximum atomic E-state index is 13.1. The number of carbonyl (C=O) groups excluding carboxylic acids is 2. The molecule has 1 amide bonds. The number of aryl methyl sites for hydroxylation is 1. The van der Waals surface area contributed by atoms with Gasteiger partial charge >= 0.3 is 5.97 Å². The molecule has 0 aliphatic carbocycles. The summed E-state index contributed by atoms with van der Waals surface area (Å²) in [5.74, 6) is -0.958. The first-order valence-corrected chi connectivity index (χ1v) is 10.8. The van der Waals surface area contributed by atoms with E-state index in [-0.39, 0.29) is 36.2 Å². The molecule has 2 aromatic rings. The number of sulfonamides is 1. The molecule has 1 aliphatic rings. The maximum absolute atomic E-state index is 13.1. The predicted molar refractivity (Wildman–Crippen MR) is 104 cm³/mol. The molecule has 0 unspecified atom stereocenters. The van der Waals surface area contributed by atoms with Crippen molar-refractivity contribution in [2.24, 2.45) is 7.05 Å². The normalized spacial score (nSPS) is 17.2. The number of rotatable bonds is 7. The van der Waals surface area contributed by atoms with Gasteiger partial charge in [0.1, 0.15) is 16.6 Å². The van der Waals surface area contributed by atoms with E-state index in [9.17, 15) is 18.0 Å². The van der Waals surface area contributed by atoms with Crippen molar-refractivity contribution in [1.29, 1.82) is 0 Å². The average molecular weight is 420 g/mol. The summed E-state index contributed by atoms with van der Waals surface area (Å²) < 4.78 is 33.8. The maximum Gasteiger partial charge on any atom is 0.354 e. The van der Waals surface area contributed by atoms with Gasteiger partial charge in [0, 0.05) is 26.0 Å². The summed E-state index contributed by atoms with van der Waals surface area (Å²) in [6.07, 6.45) is 4.01. The summed E-state index contributed by atoms with van der Waals surface area (Å²) in [6.45, 7) is 2.34. The number of aromatic nitrogens is 2. The third kappa shape index (κ3) is 4.48. The fraction of sp³-hybridized carbons (Fsp3) is 0.421. The number of pyridine rings is 1. The predicted octanol–water partition coefficient (Wildman–Crippen LogP) is 1.07. The van der Waals surface area contributed by atoms with Crippen LogP contribution in [0.4, 0.5) is 0 Å². The Morgan fingerprint density at radius 1 is 1.34 bits per heavy atom. The van der Waals surface area contributed by atoms with Gasteiger partial charge < -0.3 is 14.6 Å². The summed E-state index contributed by atoms with van der Waals surface area (Å²) in [5.41, 5.74) is 0.830. The second kappa shape index (κ2) is 8.75. The molecule has 1 atom stereocenters. The minimum Gasteiger partial charge on any atom is -0.461 e. The highest BCUT2D eigenvalue weighted by Crippen LogP contribution is 2.27. The molecule has 156 valence electrons. The lowest BCUT2D eigenvalue weighted by atomic mass is 10.2. The van der Waals surface area contributed by atoms with Crippen LogP contribution in [-0.4, -0.2) is 53.3 Å². The van der Waals surface area contributed by atoms with Gasteiger partial charge in [-0.2, -0.15) is 4.31 Å². The lowest BCUT2D eigenvalue weighted by Gasteiger charge is -2.22. The van der Waals surface area contributed by atoms with Crippen molar-refractivity contribution < 1.29 is 22.7 Å². The highest BCUT2D eigenvalue weighted by Gasteiger charge is 2.40. The van der Waals surface area contributed by atoms with Gasteiger partial charge in [0.15, 0.2) is 0 Å². The molecule has 1 fully saturated rings. The van der Waals surface area contributed by atoms with E-state index in [2.05, 4.69) is 10.3 Å². The molecule has 0 radical (unpaired) electrons. The fourth-order valence-corrected chi connectivity index (χ4v) is 5.03. The van der Waals surface area contributed by atoms with Crippen LogP contribution in [0.3, 0.4) is 0 Å². The largest absolute Gasteiger partial charge is 0.461 e. The van der Waals surface area contributed by atoms with Gasteiger partial charge in [0.05, 0.1) is 18.8 Å². The molecule has 0 saturated carbocycles. The number of nitrogens with one attached hydrogen (secondary N) is 1. The van der Waals surface area contributed by atoms with Gasteiger partial charge in [-0.05, 0) is 38.0 Å². The molecule has 1 N–H and O–H groups in total. The molecule has 0 aromatic carbocycles. The second-order valence-corrected chi connectivity index (χ2v) is 8.60. The van der Waals surface area contributed by atoms with Crippen molar-refractivity contribution in [3.8, 4) is 0 Å². The number of amides is 1. The Morgan fingerprint density at radius 2 is 2.14 bits per heavy atom. The highest BCUT2D eigenvalue weighted by atomic mass is 32.2. The van der Waals surface area contributed by atoms with Crippen molar-refractivity contribution in [2.75, 3.05) is 13.2 Å². The van der Waals surface area contributed by atoms with Crippen LogP contribution in [0.25, 0.3) is 0 Å². The Hall–Kier alpha value is -2.72. The molecule has 3 heterocycles. The first-order valence-electron chi connectivity index (χ1n) is 9.37. The number of hydrogen-bond acceptors (Lipinski definition) is 6. The Morgan fingerprint density at radius 3 is 2.83 bits per heavy atom. The zero-order valence-electron chi connectivity index (χ0n) is 16.4. The van der Waals surface area contributed by atoms with Crippen LogP contribution in [0.15, 0.2) is 41.6 Å². The Kier molecular flexibility index (Phi) is 6.33. The smallest absolute Gasteiger partial charge is 0.354 e. The van der Waals surface area contributed by atoms with Crippen molar-refractivity contribution in [1.82, 2.24) is 19.2 Å². The van der Waals surface area contributed by atoms with Crippen LogP contribution < -0.4 is 5.32 Å². The van der Waals surface area contributed by atoms with Crippen LogP contribution >= 0.6 is 0 Å². The third-order valence-corrected chi connectivity index (χ3v) is 6.62. The van der Waals surface area contributed by atoms with E-state index < -0.39 is 22.0 Å². The van der Waals surface area contributed by atoms with Crippen LogP contribution in [0.2, 0.25) is 0 Å². The van der Waals surface area contributed by atoms with Crippen LogP contribution in [0, 0.1) is 0 Å². The van der Waals surface area contributed by atoms with E-state index in [0.29, 0.717) is 18.5 Å². The summed E-state index contributed by atoms with van der Waals surface area (Å²) in [5, 5.41) is 2.76. The average Bonchev–Trinajstić information content (AvgIpc) is 3.35. The van der Waals surface area contributed by atoms with Crippen LogP contribution in [-0.2, 0) is 33.1 Å². The van der Waals surface area contributed by atoms with E-state index in [0.717, 1.165) is 0 Å². The molecule has 0 spiro atoms. The van der Waals surface area contributed by atoms with Crippen LogP contribution in [0.1, 0.15) is 35.9 Å². The summed E-state index contributed by atoms with van der Waals surface area (Å²) in [6, 6.07) is 5.87. The number of nitrogens with zero attached hydrogens (tertiary/aromatic N) is 3. The van der Waals surface area contributed by atoms with Crippen molar-refractivity contribution in [2.45, 2.75) is 37.2 Å². The first kappa shape index (κ1) is 21.0. The zero-order chi connectivity index (χ0) is 21.0. The van der Waals surface area contributed by atoms with Gasteiger partial charge in [-0.25, -0.2) is 13.2 Å². The zero-order valence-corrected chi connectivity index (χ0v) is 17.2. The van der Waals surface area contributed by atoms with Crippen molar-refractivity contribution in [3.05, 3.63) is 48.0 Å². The van der Waals surface area contributed by atoms with Gasteiger partial charge in [0.25, 0.3) is 0 Å². The van der Waals surface area contributed by atoms with Crippen molar-refractivity contribution in [3.63, 3.8) is 0 Å². The van der Waals surface area contributed by atoms with E-state index in [1.54, 1.807) is 32.3 Å². The molecule has 1 aliphatic heterocycles. The summed E-state index contributed by atoms with van der Waals surface area (Å²) in [7, 11) is -2.36. The Balaban J connectivity index is 1.76. The number of carbonyl (C=O) groups is 2. The topological polar surface area (TPSA) is 111 Å². The van der Waals surface area contributed by atoms with Gasteiger partial charge in [-0.1, -0.05) is 6.07 Å². The quantitative estimate of drug-likeness (QED) is 0.671. The molecule has 1 saturated heterocycles. The minimum atomic E-state index is -3.94. The number of esters is 1. The highest BCUT2D eigenvalue weighted by molar-refractivity contribution is 7.89. The summed E-state index contributed by atoms with van der Waals surface area (Å²) in [4.78, 5) is 28.8. The molecule has 0 bridgehead atoms. The van der Waals surface area contributed by atoms with Crippen LogP contribution in [0.5, 0.6) is 0 Å². The molecular formula is C19H24N4O5S. The summed E-state index contributed by atoms with van der Waals surface area (Å²) >= 11 is 0. The van der Waals surface area contributed by atoms with E-state index in [1.165, 1.54) is 21.1 Å². The van der Waals surface area contributed by atoms with Gasteiger partial charge in [0.2, 0.25) is 15.9 Å². The van der Waals surface area contributed by atoms with E-state index >= 15 is 0 Å². The third-order valence-electron chi connectivity index (χ3n) is 4.75. The molecule has 2 aromatic heterocycles. The minimum absolute atomic E-state index is 0.0347. The van der Waals surface area contributed by atoms with E-state index in [1.807, 2.05) is 6.07 Å². The molecular weight excluding hydrogens is 396 g/mol. The standard InChI is InChI=1S/C19H24N4O5S/c1-3-28-19(25)17-11-15(13-22(17)2)29(26,27)23-10-6-8-16(23)18(24)21-12-14-7-4-5-9-20-14/h4-5,7,9,11,13,16H,3,6,8,10,12H2,1-2H3,(H,21,24)/t16-/m0/s1. The van der Waals surface area contributed by atoms with Gasteiger partial charge in [-0.3, -0.25) is 9.78 Å². The molecule has 10 heteroatoms. The lowest BCUT2D eigenvalue weighted by molar-refractivity contribution is -0.124. The fourth-order valence-electron chi connectivity index (χ4n) is 3.31. The SMILES string of the molecule is CCOC(=O)c1cc(S(=O)(=O)N2CCC[C@H]2C(=O)NCc2ccccn2)cn1C. The molecule has 29 heavy (non-hydrogen) atoms. The van der Waals surface area contributed by atoms with Crippen molar-refractivity contribution >= 4 is 21.9 Å². The number of hydrogen-bond donors (Lipinski definition) is 1. The Labute approximate surface area is 169 Å². The number of ether oxygens (including phenoxy) is 1. The van der Waals surface area contributed by atoms with E-state index in [4.69, 9.17) is 4.74 Å². The first-order chi connectivity index (χ1) is 13.8. The monoisotopic (exact) mass is 420 g/mol. The van der Waals surface area contributed by atoms with Gasteiger partial charge in [-0.15, -0.1) is 0 Å². The molecule has 3 rings (SSSR count). The Bertz CT molecular complexity index is 987. The molecule has 9 nitrogen and oxygen atoms in total.